The third-order valence-corrected chi connectivity index (χ3v) is 3.73. The molecule has 2 aromatic carbocycles. The zero-order valence-corrected chi connectivity index (χ0v) is 12.3. The average molecular weight is 345 g/mol. The number of carboxylic acids is 1. The Balaban J connectivity index is 1.94. The third-order valence-electron chi connectivity index (χ3n) is 3.10. The number of ether oxygens (including phenoxy) is 1. The van der Waals surface area contributed by atoms with E-state index in [0.717, 1.165) is 4.47 Å². The van der Waals surface area contributed by atoms with Crippen molar-refractivity contribution in [2.24, 2.45) is 0 Å². The Morgan fingerprint density at radius 3 is 2.48 bits per heavy atom. The zero-order chi connectivity index (χ0) is 15.0. The summed E-state index contributed by atoms with van der Waals surface area (Å²) in [7, 11) is 0. The van der Waals surface area contributed by atoms with Crippen molar-refractivity contribution in [1.82, 2.24) is 0 Å². The van der Waals surface area contributed by atoms with Crippen molar-refractivity contribution in [2.75, 3.05) is 0 Å². The fraction of sp³-hybridized carbons (Fsp3) is 0. The highest BCUT2D eigenvalue weighted by Crippen LogP contribution is 2.37. The Kier molecular flexibility index (Phi) is 3.35. The Morgan fingerprint density at radius 2 is 1.86 bits per heavy atom. The molecule has 0 saturated heterocycles. The summed E-state index contributed by atoms with van der Waals surface area (Å²) >= 11 is 3.34. The maximum atomic E-state index is 12.2. The van der Waals surface area contributed by atoms with Crippen molar-refractivity contribution < 1.29 is 19.4 Å². The van der Waals surface area contributed by atoms with Gasteiger partial charge in [0.25, 0.3) is 0 Å². The molecule has 1 heterocycles. The summed E-state index contributed by atoms with van der Waals surface area (Å²) in [5, 5.41) is 8.85. The van der Waals surface area contributed by atoms with Crippen LogP contribution in [0, 0.1) is 0 Å². The van der Waals surface area contributed by atoms with Crippen LogP contribution in [0.1, 0.15) is 26.3 Å². The first-order valence-electron chi connectivity index (χ1n) is 6.12. The summed E-state index contributed by atoms with van der Waals surface area (Å²) in [5.41, 5.74) is 1.41. The molecule has 104 valence electrons. The van der Waals surface area contributed by atoms with Gasteiger partial charge in [-0.25, -0.2) is 4.79 Å². The van der Waals surface area contributed by atoms with E-state index < -0.39 is 5.97 Å². The van der Waals surface area contributed by atoms with Crippen molar-refractivity contribution >= 4 is 33.8 Å². The van der Waals surface area contributed by atoms with Gasteiger partial charge in [-0.2, -0.15) is 0 Å². The summed E-state index contributed by atoms with van der Waals surface area (Å²) in [4.78, 5) is 23.0. The second-order valence-electron chi connectivity index (χ2n) is 4.48. The number of halogens is 1. The number of benzene rings is 2. The number of hydrogen-bond acceptors (Lipinski definition) is 3. The molecule has 2 aromatic rings. The Hall–Kier alpha value is -2.40. The SMILES string of the molecule is O=C(O)c1ccc(/C=C2\Oc3c(Br)cccc3C2=O)cc1. The van der Waals surface area contributed by atoms with Gasteiger partial charge in [0.05, 0.1) is 15.6 Å². The molecule has 5 heteroatoms. The molecule has 0 fully saturated rings. The molecular formula is C16H9BrO4. The number of carbonyl (C=O) groups is 2. The fourth-order valence-corrected chi connectivity index (χ4v) is 2.50. The number of para-hydroxylation sites is 1. The van der Waals surface area contributed by atoms with Gasteiger partial charge in [-0.3, -0.25) is 4.79 Å². The molecule has 0 atom stereocenters. The molecule has 0 aliphatic carbocycles. The van der Waals surface area contributed by atoms with E-state index in [1.807, 2.05) is 0 Å². The molecule has 21 heavy (non-hydrogen) atoms. The van der Waals surface area contributed by atoms with Crippen LogP contribution in [-0.2, 0) is 0 Å². The first-order valence-corrected chi connectivity index (χ1v) is 6.91. The van der Waals surface area contributed by atoms with Gasteiger partial charge in [0.1, 0.15) is 0 Å². The highest BCUT2D eigenvalue weighted by Gasteiger charge is 2.28. The Labute approximate surface area is 128 Å². The highest BCUT2D eigenvalue weighted by atomic mass is 79.9. The van der Waals surface area contributed by atoms with Crippen LogP contribution >= 0.6 is 15.9 Å². The standard InChI is InChI=1S/C16H9BrO4/c17-12-3-1-2-11-14(18)13(21-15(11)12)8-9-4-6-10(7-5-9)16(19)20/h1-8H,(H,19,20)/b13-8-. The lowest BCUT2D eigenvalue weighted by Gasteiger charge is -2.00. The van der Waals surface area contributed by atoms with Crippen molar-refractivity contribution in [3.05, 3.63) is 69.4 Å². The monoisotopic (exact) mass is 344 g/mol. The van der Waals surface area contributed by atoms with E-state index in [1.54, 1.807) is 36.4 Å². The van der Waals surface area contributed by atoms with Crippen molar-refractivity contribution in [2.45, 2.75) is 0 Å². The number of ketones is 1. The molecular weight excluding hydrogens is 336 g/mol. The van der Waals surface area contributed by atoms with Gasteiger partial charge in [-0.1, -0.05) is 18.2 Å². The fourth-order valence-electron chi connectivity index (χ4n) is 2.05. The Bertz CT molecular complexity index is 775. The molecule has 0 radical (unpaired) electrons. The number of rotatable bonds is 2. The lowest BCUT2D eigenvalue weighted by atomic mass is 10.1. The van der Waals surface area contributed by atoms with Crippen LogP contribution < -0.4 is 4.74 Å². The summed E-state index contributed by atoms with van der Waals surface area (Å²) in [5.74, 6) is -0.441. The van der Waals surface area contributed by atoms with Crippen molar-refractivity contribution in [3.63, 3.8) is 0 Å². The first kappa shape index (κ1) is 13.6. The van der Waals surface area contributed by atoms with Crippen LogP contribution in [0.15, 0.2) is 52.7 Å². The quantitative estimate of drug-likeness (QED) is 0.842. The van der Waals surface area contributed by atoms with Crippen LogP contribution in [0.3, 0.4) is 0 Å². The van der Waals surface area contributed by atoms with E-state index >= 15 is 0 Å². The number of carbonyl (C=O) groups excluding carboxylic acids is 1. The molecule has 0 saturated carbocycles. The van der Waals surface area contributed by atoms with Crippen LogP contribution in [0.2, 0.25) is 0 Å². The van der Waals surface area contributed by atoms with Gasteiger partial charge in [-0.15, -0.1) is 0 Å². The minimum Gasteiger partial charge on any atom is -0.478 e. The number of hydrogen-bond donors (Lipinski definition) is 1. The summed E-state index contributed by atoms with van der Waals surface area (Å²) in [6.45, 7) is 0. The maximum Gasteiger partial charge on any atom is 0.335 e. The molecule has 0 amide bonds. The van der Waals surface area contributed by atoms with Crippen molar-refractivity contribution in [3.8, 4) is 5.75 Å². The van der Waals surface area contributed by atoms with Crippen LogP contribution in [-0.4, -0.2) is 16.9 Å². The van der Waals surface area contributed by atoms with Gasteiger partial charge < -0.3 is 9.84 Å². The summed E-state index contributed by atoms with van der Waals surface area (Å²) in [6, 6.07) is 11.5. The van der Waals surface area contributed by atoms with Crippen LogP contribution in [0.25, 0.3) is 6.08 Å². The average Bonchev–Trinajstić information content (AvgIpc) is 2.78. The van der Waals surface area contributed by atoms with Crippen LogP contribution in [0.5, 0.6) is 5.75 Å². The number of allylic oxidation sites excluding steroid dienone is 1. The van der Waals surface area contributed by atoms with Crippen LogP contribution in [0.4, 0.5) is 0 Å². The number of carboxylic acid groups (broad SMARTS) is 1. The molecule has 1 N–H and O–H groups in total. The minimum atomic E-state index is -0.987. The van der Waals surface area contributed by atoms with E-state index in [4.69, 9.17) is 9.84 Å². The number of Topliss-reactive ketones (excluding diaryl/α,β-unsaturated/α-hetero) is 1. The van der Waals surface area contributed by atoms with Gasteiger partial charge in [0.2, 0.25) is 5.78 Å². The van der Waals surface area contributed by atoms with Gasteiger partial charge in [0, 0.05) is 0 Å². The number of aromatic carboxylic acids is 1. The maximum absolute atomic E-state index is 12.2. The lowest BCUT2D eigenvalue weighted by Crippen LogP contribution is -1.98. The minimum absolute atomic E-state index is 0.186. The predicted octanol–water partition coefficient (Wildman–Crippen LogP) is 3.76. The van der Waals surface area contributed by atoms with E-state index in [-0.39, 0.29) is 17.1 Å². The zero-order valence-electron chi connectivity index (χ0n) is 10.7. The molecule has 4 nitrogen and oxygen atoms in total. The largest absolute Gasteiger partial charge is 0.478 e. The first-order chi connectivity index (χ1) is 10.1. The van der Waals surface area contributed by atoms with Gasteiger partial charge >= 0.3 is 5.97 Å². The van der Waals surface area contributed by atoms with E-state index in [9.17, 15) is 9.59 Å². The third kappa shape index (κ3) is 2.48. The molecule has 1 aliphatic rings. The predicted molar refractivity (Wildman–Crippen MR) is 80.5 cm³/mol. The number of fused-ring (bicyclic) bond motifs is 1. The van der Waals surface area contributed by atoms with Gasteiger partial charge in [0.15, 0.2) is 11.5 Å². The molecule has 3 rings (SSSR count). The lowest BCUT2D eigenvalue weighted by molar-refractivity contribution is 0.0696. The van der Waals surface area contributed by atoms with E-state index in [1.165, 1.54) is 12.1 Å². The summed E-state index contributed by atoms with van der Waals surface area (Å²) < 4.78 is 6.30. The second-order valence-corrected chi connectivity index (χ2v) is 5.34. The molecule has 0 aromatic heterocycles. The molecule has 0 bridgehead atoms. The molecule has 0 spiro atoms. The smallest absolute Gasteiger partial charge is 0.335 e. The molecule has 1 aliphatic heterocycles. The van der Waals surface area contributed by atoms with E-state index in [2.05, 4.69) is 15.9 Å². The topological polar surface area (TPSA) is 63.6 Å². The second kappa shape index (κ2) is 5.18. The summed E-state index contributed by atoms with van der Waals surface area (Å²) in [6.07, 6.45) is 1.60. The molecule has 0 unspecified atom stereocenters. The van der Waals surface area contributed by atoms with Gasteiger partial charge in [-0.05, 0) is 51.8 Å². The van der Waals surface area contributed by atoms with E-state index in [0.29, 0.717) is 16.9 Å². The van der Waals surface area contributed by atoms with Crippen molar-refractivity contribution in [1.29, 1.82) is 0 Å². The highest BCUT2D eigenvalue weighted by molar-refractivity contribution is 9.10. The normalized spacial score (nSPS) is 14.9. The Morgan fingerprint density at radius 1 is 1.14 bits per heavy atom.